The SMILES string of the molecule is CCN(CC)S(=O)(=O)c1ccc(/C=C/C(=O)OCc2cccc(F)c2)cc1. The number of benzene rings is 2. The van der Waals surface area contributed by atoms with Crippen LogP contribution in [0.15, 0.2) is 59.5 Å². The lowest BCUT2D eigenvalue weighted by Gasteiger charge is -2.18. The second-order valence-electron chi connectivity index (χ2n) is 5.73. The van der Waals surface area contributed by atoms with Crippen molar-refractivity contribution in [3.63, 3.8) is 0 Å². The minimum atomic E-state index is -3.51. The molecule has 0 bridgehead atoms. The summed E-state index contributed by atoms with van der Waals surface area (Å²) in [6.07, 6.45) is 2.77. The zero-order valence-electron chi connectivity index (χ0n) is 15.3. The fourth-order valence-corrected chi connectivity index (χ4v) is 3.92. The summed E-state index contributed by atoms with van der Waals surface area (Å²) in [7, 11) is -3.51. The van der Waals surface area contributed by atoms with Crippen LogP contribution >= 0.6 is 0 Å². The van der Waals surface area contributed by atoms with Gasteiger partial charge < -0.3 is 4.74 Å². The highest BCUT2D eigenvalue weighted by Crippen LogP contribution is 2.17. The number of hydrogen-bond donors (Lipinski definition) is 0. The molecule has 144 valence electrons. The largest absolute Gasteiger partial charge is 0.458 e. The van der Waals surface area contributed by atoms with Crippen molar-refractivity contribution in [1.29, 1.82) is 0 Å². The van der Waals surface area contributed by atoms with Crippen LogP contribution in [0, 0.1) is 5.82 Å². The Hall–Kier alpha value is -2.51. The van der Waals surface area contributed by atoms with Gasteiger partial charge in [0.05, 0.1) is 4.90 Å². The molecule has 0 aromatic heterocycles. The summed E-state index contributed by atoms with van der Waals surface area (Å²) < 4.78 is 44.3. The molecule has 0 saturated carbocycles. The number of ether oxygens (including phenoxy) is 1. The Morgan fingerprint density at radius 2 is 1.78 bits per heavy atom. The van der Waals surface area contributed by atoms with E-state index in [1.54, 1.807) is 38.1 Å². The van der Waals surface area contributed by atoms with Gasteiger partial charge in [0, 0.05) is 19.2 Å². The van der Waals surface area contributed by atoms with Crippen LogP contribution in [0.4, 0.5) is 4.39 Å². The van der Waals surface area contributed by atoms with Gasteiger partial charge in [-0.05, 0) is 41.5 Å². The van der Waals surface area contributed by atoms with Gasteiger partial charge in [0.1, 0.15) is 12.4 Å². The van der Waals surface area contributed by atoms with Gasteiger partial charge in [-0.3, -0.25) is 0 Å². The van der Waals surface area contributed by atoms with Crippen molar-refractivity contribution >= 4 is 22.1 Å². The van der Waals surface area contributed by atoms with Crippen LogP contribution in [-0.4, -0.2) is 31.8 Å². The highest BCUT2D eigenvalue weighted by atomic mass is 32.2. The van der Waals surface area contributed by atoms with Gasteiger partial charge in [0.25, 0.3) is 0 Å². The molecule has 2 aromatic rings. The smallest absolute Gasteiger partial charge is 0.331 e. The van der Waals surface area contributed by atoms with Crippen LogP contribution in [-0.2, 0) is 26.2 Å². The van der Waals surface area contributed by atoms with Gasteiger partial charge in [-0.15, -0.1) is 0 Å². The first-order valence-electron chi connectivity index (χ1n) is 8.56. The Morgan fingerprint density at radius 1 is 1.11 bits per heavy atom. The number of esters is 1. The third kappa shape index (κ3) is 5.74. The lowest BCUT2D eigenvalue weighted by molar-refractivity contribution is -0.138. The first kappa shape index (κ1) is 20.8. The fraction of sp³-hybridized carbons (Fsp3) is 0.250. The molecule has 0 fully saturated rings. The van der Waals surface area contributed by atoms with Crippen molar-refractivity contribution in [3.8, 4) is 0 Å². The lowest BCUT2D eigenvalue weighted by Crippen LogP contribution is -2.30. The van der Waals surface area contributed by atoms with E-state index in [2.05, 4.69) is 0 Å². The second kappa shape index (κ2) is 9.43. The highest BCUT2D eigenvalue weighted by Gasteiger charge is 2.20. The average molecular weight is 391 g/mol. The number of nitrogens with zero attached hydrogens (tertiary/aromatic N) is 1. The standard InChI is InChI=1S/C20H22FNO4S/c1-3-22(4-2)27(24,25)19-11-8-16(9-12-19)10-13-20(23)26-15-17-6-5-7-18(21)14-17/h5-14H,3-4,15H2,1-2H3/b13-10+. The zero-order valence-corrected chi connectivity index (χ0v) is 16.1. The predicted molar refractivity (Wildman–Crippen MR) is 102 cm³/mol. The fourth-order valence-electron chi connectivity index (χ4n) is 2.46. The number of carbonyl (C=O) groups is 1. The molecule has 0 aliphatic heterocycles. The van der Waals surface area contributed by atoms with E-state index in [1.807, 2.05) is 0 Å². The minimum absolute atomic E-state index is 0.0258. The maximum atomic E-state index is 13.1. The van der Waals surface area contributed by atoms with E-state index < -0.39 is 16.0 Å². The highest BCUT2D eigenvalue weighted by molar-refractivity contribution is 7.89. The molecule has 0 radical (unpaired) electrons. The van der Waals surface area contributed by atoms with Gasteiger partial charge in [-0.2, -0.15) is 4.31 Å². The minimum Gasteiger partial charge on any atom is -0.458 e. The molecule has 0 unspecified atom stereocenters. The maximum Gasteiger partial charge on any atom is 0.331 e. The Labute approximate surface area is 159 Å². The average Bonchev–Trinajstić information content (AvgIpc) is 2.66. The molecule has 0 atom stereocenters. The zero-order chi connectivity index (χ0) is 19.9. The summed E-state index contributed by atoms with van der Waals surface area (Å²) in [6.45, 7) is 4.35. The molecule has 2 rings (SSSR count). The quantitative estimate of drug-likeness (QED) is 0.509. The van der Waals surface area contributed by atoms with Gasteiger partial charge in [0.2, 0.25) is 10.0 Å². The van der Waals surface area contributed by atoms with E-state index in [0.717, 1.165) is 0 Å². The van der Waals surface area contributed by atoms with Crippen LogP contribution < -0.4 is 0 Å². The molecule has 0 N–H and O–H groups in total. The van der Waals surface area contributed by atoms with Gasteiger partial charge in [-0.1, -0.05) is 38.1 Å². The molecule has 27 heavy (non-hydrogen) atoms. The number of halogens is 1. The summed E-state index contributed by atoms with van der Waals surface area (Å²) in [6, 6.07) is 12.1. The van der Waals surface area contributed by atoms with Crippen LogP contribution in [0.25, 0.3) is 6.08 Å². The molecular weight excluding hydrogens is 369 g/mol. The molecule has 0 aliphatic rings. The summed E-state index contributed by atoms with van der Waals surface area (Å²) >= 11 is 0. The Balaban J connectivity index is 1.98. The molecule has 2 aromatic carbocycles. The van der Waals surface area contributed by atoms with Gasteiger partial charge in [-0.25, -0.2) is 17.6 Å². The first-order valence-corrected chi connectivity index (χ1v) is 10.00. The number of sulfonamides is 1. The molecule has 5 nitrogen and oxygen atoms in total. The van der Waals surface area contributed by atoms with Crippen molar-refractivity contribution in [2.24, 2.45) is 0 Å². The lowest BCUT2D eigenvalue weighted by atomic mass is 10.2. The van der Waals surface area contributed by atoms with Gasteiger partial charge >= 0.3 is 5.97 Å². The predicted octanol–water partition coefficient (Wildman–Crippen LogP) is 3.61. The normalized spacial score (nSPS) is 11.9. The van der Waals surface area contributed by atoms with E-state index >= 15 is 0 Å². The summed E-state index contributed by atoms with van der Waals surface area (Å²) in [5.74, 6) is -0.960. The van der Waals surface area contributed by atoms with E-state index in [0.29, 0.717) is 24.2 Å². The van der Waals surface area contributed by atoms with Crippen molar-refractivity contribution in [2.75, 3.05) is 13.1 Å². The van der Waals surface area contributed by atoms with Gasteiger partial charge in [0.15, 0.2) is 0 Å². The Morgan fingerprint density at radius 3 is 2.37 bits per heavy atom. The number of hydrogen-bond acceptors (Lipinski definition) is 4. The van der Waals surface area contributed by atoms with Crippen molar-refractivity contribution in [2.45, 2.75) is 25.3 Å². The third-order valence-electron chi connectivity index (χ3n) is 3.91. The van der Waals surface area contributed by atoms with Crippen LogP contribution in [0.1, 0.15) is 25.0 Å². The molecule has 0 spiro atoms. The van der Waals surface area contributed by atoms with E-state index in [9.17, 15) is 17.6 Å². The summed E-state index contributed by atoms with van der Waals surface area (Å²) in [4.78, 5) is 12.0. The number of carbonyl (C=O) groups excluding carboxylic acids is 1. The monoisotopic (exact) mass is 391 g/mol. The Kier molecular flexibility index (Phi) is 7.27. The molecule has 7 heteroatoms. The topological polar surface area (TPSA) is 63.7 Å². The van der Waals surface area contributed by atoms with Crippen LogP contribution in [0.2, 0.25) is 0 Å². The van der Waals surface area contributed by atoms with E-state index in [4.69, 9.17) is 4.74 Å². The third-order valence-corrected chi connectivity index (χ3v) is 5.97. The first-order chi connectivity index (χ1) is 12.9. The van der Waals surface area contributed by atoms with Crippen molar-refractivity contribution < 1.29 is 22.3 Å². The van der Waals surface area contributed by atoms with Crippen molar-refractivity contribution in [1.82, 2.24) is 4.31 Å². The Bertz CT molecular complexity index is 904. The summed E-state index contributed by atoms with van der Waals surface area (Å²) in [5.41, 5.74) is 1.22. The molecular formula is C20H22FNO4S. The molecule has 0 aliphatic carbocycles. The second-order valence-corrected chi connectivity index (χ2v) is 7.67. The van der Waals surface area contributed by atoms with E-state index in [1.165, 1.54) is 40.7 Å². The summed E-state index contributed by atoms with van der Waals surface area (Å²) in [5, 5.41) is 0. The van der Waals surface area contributed by atoms with Crippen LogP contribution in [0.5, 0.6) is 0 Å². The molecule has 0 heterocycles. The van der Waals surface area contributed by atoms with E-state index in [-0.39, 0.29) is 17.3 Å². The molecule has 0 saturated heterocycles. The van der Waals surface area contributed by atoms with Crippen LogP contribution in [0.3, 0.4) is 0 Å². The molecule has 0 amide bonds. The number of rotatable bonds is 8. The van der Waals surface area contributed by atoms with Crippen molar-refractivity contribution in [3.05, 3.63) is 71.6 Å². The maximum absolute atomic E-state index is 13.1.